The minimum Gasteiger partial charge on any atom is -0.369 e. The molecule has 5 heteroatoms. The zero-order valence-electron chi connectivity index (χ0n) is 13.8. The Morgan fingerprint density at radius 2 is 2.04 bits per heavy atom. The van der Waals surface area contributed by atoms with Crippen LogP contribution in [0.3, 0.4) is 0 Å². The summed E-state index contributed by atoms with van der Waals surface area (Å²) in [4.78, 5) is 2.41. The standard InChI is InChI=1S/C18H23ClN4/c1-12-15(19)4-3-5-16(12)23-18-14(6-9-20-18)17(21-23)13-7-10-22(2)11-8-13/h3-5,13,20H,6-11H2,1-2H3. The van der Waals surface area contributed by atoms with Crippen LogP contribution in [-0.2, 0) is 6.42 Å². The number of hydrogen-bond donors (Lipinski definition) is 1. The number of likely N-dealkylation sites (tertiary alicyclic amines) is 1. The Hall–Kier alpha value is -1.52. The number of nitrogens with one attached hydrogen (secondary N) is 1. The van der Waals surface area contributed by atoms with E-state index in [1.54, 1.807) is 0 Å². The van der Waals surface area contributed by atoms with Gasteiger partial charge in [-0.3, -0.25) is 0 Å². The van der Waals surface area contributed by atoms with Gasteiger partial charge in [0.15, 0.2) is 0 Å². The molecular formula is C18H23ClN4. The minimum absolute atomic E-state index is 0.584. The first-order valence-corrected chi connectivity index (χ1v) is 8.82. The molecule has 1 saturated heterocycles. The third kappa shape index (κ3) is 2.54. The summed E-state index contributed by atoms with van der Waals surface area (Å²) in [6.07, 6.45) is 3.49. The number of piperidine rings is 1. The third-order valence-electron chi connectivity index (χ3n) is 5.25. The van der Waals surface area contributed by atoms with Crippen LogP contribution in [0.1, 0.15) is 35.6 Å². The van der Waals surface area contributed by atoms with Crippen molar-refractivity contribution in [1.29, 1.82) is 0 Å². The van der Waals surface area contributed by atoms with Crippen LogP contribution in [0.15, 0.2) is 18.2 Å². The van der Waals surface area contributed by atoms with Crippen molar-refractivity contribution in [2.45, 2.75) is 32.1 Å². The molecule has 1 N–H and O–H groups in total. The van der Waals surface area contributed by atoms with Crippen molar-refractivity contribution in [3.63, 3.8) is 0 Å². The van der Waals surface area contributed by atoms with Gasteiger partial charge in [0, 0.05) is 23.0 Å². The summed E-state index contributed by atoms with van der Waals surface area (Å²) in [5.41, 5.74) is 4.89. The van der Waals surface area contributed by atoms with Gasteiger partial charge < -0.3 is 10.2 Å². The predicted molar refractivity (Wildman–Crippen MR) is 95.0 cm³/mol. The molecular weight excluding hydrogens is 308 g/mol. The third-order valence-corrected chi connectivity index (χ3v) is 5.66. The fourth-order valence-corrected chi connectivity index (χ4v) is 3.98. The molecule has 0 atom stereocenters. The van der Waals surface area contributed by atoms with E-state index < -0.39 is 0 Å². The van der Waals surface area contributed by atoms with Crippen molar-refractivity contribution in [3.8, 4) is 5.69 Å². The van der Waals surface area contributed by atoms with E-state index in [2.05, 4.69) is 34.9 Å². The van der Waals surface area contributed by atoms with Gasteiger partial charge in [0.05, 0.1) is 11.4 Å². The molecule has 1 fully saturated rings. The molecule has 0 unspecified atom stereocenters. The second kappa shape index (κ2) is 5.84. The van der Waals surface area contributed by atoms with Gasteiger partial charge in [0.1, 0.15) is 5.82 Å². The van der Waals surface area contributed by atoms with Gasteiger partial charge in [0.2, 0.25) is 0 Å². The lowest BCUT2D eigenvalue weighted by molar-refractivity contribution is 0.252. The second-order valence-corrected chi connectivity index (χ2v) is 7.17. The number of rotatable bonds is 2. The summed E-state index contributed by atoms with van der Waals surface area (Å²) in [7, 11) is 2.20. The average Bonchev–Trinajstić information content (AvgIpc) is 3.14. The summed E-state index contributed by atoms with van der Waals surface area (Å²) in [6.45, 7) is 5.40. The number of fused-ring (bicyclic) bond motifs is 1. The Morgan fingerprint density at radius 3 is 2.83 bits per heavy atom. The molecule has 1 aromatic carbocycles. The first-order valence-electron chi connectivity index (χ1n) is 8.45. The molecule has 2 aliphatic rings. The van der Waals surface area contributed by atoms with Crippen LogP contribution in [0, 0.1) is 6.92 Å². The maximum atomic E-state index is 6.32. The largest absolute Gasteiger partial charge is 0.369 e. The smallest absolute Gasteiger partial charge is 0.133 e. The van der Waals surface area contributed by atoms with Gasteiger partial charge in [-0.15, -0.1) is 0 Å². The molecule has 0 aliphatic carbocycles. The van der Waals surface area contributed by atoms with Crippen LogP contribution >= 0.6 is 11.6 Å². The molecule has 23 heavy (non-hydrogen) atoms. The van der Waals surface area contributed by atoms with Crippen molar-refractivity contribution in [2.75, 3.05) is 32.0 Å². The molecule has 0 bridgehead atoms. The summed E-state index contributed by atoms with van der Waals surface area (Å²) in [5, 5.41) is 9.36. The Morgan fingerprint density at radius 1 is 1.26 bits per heavy atom. The van der Waals surface area contributed by atoms with Crippen molar-refractivity contribution in [3.05, 3.63) is 40.0 Å². The highest BCUT2D eigenvalue weighted by atomic mass is 35.5. The number of benzene rings is 1. The second-order valence-electron chi connectivity index (χ2n) is 6.76. The van der Waals surface area contributed by atoms with Crippen molar-refractivity contribution in [2.24, 2.45) is 0 Å². The summed E-state index contributed by atoms with van der Waals surface area (Å²) in [5.74, 6) is 1.75. The van der Waals surface area contributed by atoms with Crippen LogP contribution in [0.25, 0.3) is 5.69 Å². The number of hydrogen-bond acceptors (Lipinski definition) is 3. The SMILES string of the molecule is Cc1c(Cl)cccc1-n1nc(C2CCN(C)CC2)c2c1NCC2. The molecule has 0 amide bonds. The fourth-order valence-electron chi connectivity index (χ4n) is 3.81. The molecule has 2 aromatic rings. The summed E-state index contributed by atoms with van der Waals surface area (Å²) >= 11 is 6.32. The zero-order valence-corrected chi connectivity index (χ0v) is 14.5. The molecule has 1 aromatic heterocycles. The van der Waals surface area contributed by atoms with Crippen LogP contribution in [-0.4, -0.2) is 41.4 Å². The van der Waals surface area contributed by atoms with Gasteiger partial charge in [-0.2, -0.15) is 5.10 Å². The Balaban J connectivity index is 1.77. The summed E-state index contributed by atoms with van der Waals surface area (Å²) < 4.78 is 2.08. The van der Waals surface area contributed by atoms with E-state index in [0.717, 1.165) is 42.3 Å². The van der Waals surface area contributed by atoms with E-state index in [1.165, 1.54) is 29.9 Å². The van der Waals surface area contributed by atoms with E-state index in [9.17, 15) is 0 Å². The lowest BCUT2D eigenvalue weighted by Gasteiger charge is -2.28. The van der Waals surface area contributed by atoms with E-state index in [4.69, 9.17) is 16.7 Å². The van der Waals surface area contributed by atoms with Crippen molar-refractivity contribution >= 4 is 17.4 Å². The molecule has 0 saturated carbocycles. The van der Waals surface area contributed by atoms with Gasteiger partial charge in [-0.05, 0) is 64.0 Å². The molecule has 122 valence electrons. The van der Waals surface area contributed by atoms with Crippen molar-refractivity contribution < 1.29 is 0 Å². The van der Waals surface area contributed by atoms with Crippen LogP contribution in [0.4, 0.5) is 5.82 Å². The molecule has 0 radical (unpaired) electrons. The van der Waals surface area contributed by atoms with E-state index >= 15 is 0 Å². The first kappa shape index (κ1) is 15.0. The number of aromatic nitrogens is 2. The Bertz CT molecular complexity index is 729. The maximum Gasteiger partial charge on any atom is 0.133 e. The zero-order chi connectivity index (χ0) is 16.0. The number of nitrogens with zero attached hydrogens (tertiary/aromatic N) is 3. The lowest BCUT2D eigenvalue weighted by Crippen LogP contribution is -2.29. The highest BCUT2D eigenvalue weighted by molar-refractivity contribution is 6.31. The van der Waals surface area contributed by atoms with Gasteiger partial charge in [0.25, 0.3) is 0 Å². The highest BCUT2D eigenvalue weighted by Gasteiger charge is 2.29. The predicted octanol–water partition coefficient (Wildman–Crippen LogP) is 3.61. The molecule has 3 heterocycles. The monoisotopic (exact) mass is 330 g/mol. The maximum absolute atomic E-state index is 6.32. The average molecular weight is 331 g/mol. The summed E-state index contributed by atoms with van der Waals surface area (Å²) in [6, 6.07) is 6.05. The van der Waals surface area contributed by atoms with Gasteiger partial charge in [-0.1, -0.05) is 17.7 Å². The van der Waals surface area contributed by atoms with E-state index in [1.807, 2.05) is 12.1 Å². The van der Waals surface area contributed by atoms with Gasteiger partial charge >= 0.3 is 0 Å². The highest BCUT2D eigenvalue weighted by Crippen LogP contribution is 2.37. The van der Waals surface area contributed by atoms with Crippen LogP contribution < -0.4 is 5.32 Å². The Kier molecular flexibility index (Phi) is 3.82. The molecule has 4 rings (SSSR count). The topological polar surface area (TPSA) is 33.1 Å². The van der Waals surface area contributed by atoms with Crippen molar-refractivity contribution in [1.82, 2.24) is 14.7 Å². The number of halogens is 1. The van der Waals surface area contributed by atoms with E-state index in [0.29, 0.717) is 5.92 Å². The van der Waals surface area contributed by atoms with E-state index in [-0.39, 0.29) is 0 Å². The normalized spacial score (nSPS) is 18.9. The fraction of sp³-hybridized carbons (Fsp3) is 0.500. The lowest BCUT2D eigenvalue weighted by atomic mass is 9.91. The quantitative estimate of drug-likeness (QED) is 0.913. The molecule has 2 aliphatic heterocycles. The first-order chi connectivity index (χ1) is 11.1. The number of anilines is 1. The Labute approximate surface area is 142 Å². The van der Waals surface area contributed by atoms with Crippen LogP contribution in [0.5, 0.6) is 0 Å². The van der Waals surface area contributed by atoms with Gasteiger partial charge in [-0.25, -0.2) is 4.68 Å². The minimum atomic E-state index is 0.584. The molecule has 0 spiro atoms. The van der Waals surface area contributed by atoms with Crippen LogP contribution in [0.2, 0.25) is 5.02 Å². The molecule has 4 nitrogen and oxygen atoms in total.